The highest BCUT2D eigenvalue weighted by molar-refractivity contribution is 5.87. The highest BCUT2D eigenvalue weighted by Gasteiger charge is 2.47. The van der Waals surface area contributed by atoms with E-state index < -0.39 is 0 Å². The summed E-state index contributed by atoms with van der Waals surface area (Å²) in [6.07, 6.45) is 0. The SMILES string of the molecule is O=C1OCC2C(=O)OCC12. The minimum absolute atomic E-state index is 0.211. The van der Waals surface area contributed by atoms with Crippen molar-refractivity contribution in [3.8, 4) is 0 Å². The van der Waals surface area contributed by atoms with Crippen molar-refractivity contribution in [2.45, 2.75) is 0 Å². The van der Waals surface area contributed by atoms with E-state index in [9.17, 15) is 9.59 Å². The van der Waals surface area contributed by atoms with Crippen molar-refractivity contribution in [1.82, 2.24) is 0 Å². The Kier molecular flexibility index (Phi) is 0.977. The van der Waals surface area contributed by atoms with Crippen LogP contribution < -0.4 is 0 Å². The quantitative estimate of drug-likeness (QED) is 0.421. The van der Waals surface area contributed by atoms with E-state index in [1.807, 2.05) is 0 Å². The van der Waals surface area contributed by atoms with Crippen molar-refractivity contribution in [3.63, 3.8) is 0 Å². The first-order valence-electron chi connectivity index (χ1n) is 3.12. The van der Waals surface area contributed by atoms with Gasteiger partial charge < -0.3 is 9.47 Å². The van der Waals surface area contributed by atoms with Gasteiger partial charge in [-0.15, -0.1) is 0 Å². The Morgan fingerprint density at radius 3 is 1.80 bits per heavy atom. The van der Waals surface area contributed by atoms with E-state index in [2.05, 4.69) is 9.47 Å². The standard InChI is InChI=1S/C6H6O4/c7-5-3-1-9-6(8)4(3)2-10-5/h3-4H,1-2H2. The van der Waals surface area contributed by atoms with Crippen molar-refractivity contribution in [2.75, 3.05) is 13.2 Å². The van der Waals surface area contributed by atoms with E-state index in [0.717, 1.165) is 0 Å². The average Bonchev–Trinajstić information content (AvgIpc) is 2.41. The van der Waals surface area contributed by atoms with Gasteiger partial charge in [0, 0.05) is 0 Å². The summed E-state index contributed by atoms with van der Waals surface area (Å²) in [5, 5.41) is 0. The first-order valence-corrected chi connectivity index (χ1v) is 3.12. The van der Waals surface area contributed by atoms with Gasteiger partial charge in [-0.1, -0.05) is 0 Å². The molecule has 54 valence electrons. The molecule has 0 aromatic heterocycles. The Morgan fingerprint density at radius 2 is 1.40 bits per heavy atom. The van der Waals surface area contributed by atoms with E-state index in [1.165, 1.54) is 0 Å². The molecule has 0 amide bonds. The van der Waals surface area contributed by atoms with E-state index >= 15 is 0 Å². The molecule has 0 spiro atoms. The monoisotopic (exact) mass is 142 g/mol. The lowest BCUT2D eigenvalue weighted by Gasteiger charge is -1.94. The first-order chi connectivity index (χ1) is 4.79. The molecule has 0 N–H and O–H groups in total. The number of ether oxygens (including phenoxy) is 2. The summed E-state index contributed by atoms with van der Waals surface area (Å²) in [6.45, 7) is 0.421. The molecule has 2 unspecified atom stereocenters. The van der Waals surface area contributed by atoms with Gasteiger partial charge in [-0.3, -0.25) is 9.59 Å². The molecule has 0 radical (unpaired) electrons. The fourth-order valence-electron chi connectivity index (χ4n) is 1.25. The van der Waals surface area contributed by atoms with Crippen LogP contribution in [0.1, 0.15) is 0 Å². The van der Waals surface area contributed by atoms with Crippen molar-refractivity contribution in [2.24, 2.45) is 11.8 Å². The van der Waals surface area contributed by atoms with Gasteiger partial charge in [0.2, 0.25) is 0 Å². The van der Waals surface area contributed by atoms with Crippen LogP contribution in [0.3, 0.4) is 0 Å². The summed E-state index contributed by atoms with van der Waals surface area (Å²) in [7, 11) is 0. The van der Waals surface area contributed by atoms with Crippen LogP contribution in [0.4, 0.5) is 0 Å². The topological polar surface area (TPSA) is 52.6 Å². The van der Waals surface area contributed by atoms with Gasteiger partial charge in [-0.25, -0.2) is 0 Å². The number of fused-ring (bicyclic) bond motifs is 1. The van der Waals surface area contributed by atoms with Crippen LogP contribution in [0, 0.1) is 11.8 Å². The molecule has 4 nitrogen and oxygen atoms in total. The predicted octanol–water partition coefficient (Wildman–Crippen LogP) is -0.668. The maximum atomic E-state index is 10.7. The molecule has 2 atom stereocenters. The molecule has 0 saturated carbocycles. The van der Waals surface area contributed by atoms with Crippen molar-refractivity contribution in [3.05, 3.63) is 0 Å². The lowest BCUT2D eigenvalue weighted by atomic mass is 10.00. The van der Waals surface area contributed by atoms with Crippen LogP contribution in [0.25, 0.3) is 0 Å². The Hall–Kier alpha value is -1.06. The molecular formula is C6H6O4. The molecule has 4 heteroatoms. The van der Waals surface area contributed by atoms with Gasteiger partial charge in [-0.05, 0) is 0 Å². The number of carbonyl (C=O) groups is 2. The zero-order valence-corrected chi connectivity index (χ0v) is 5.20. The molecule has 2 aliphatic rings. The van der Waals surface area contributed by atoms with Gasteiger partial charge in [-0.2, -0.15) is 0 Å². The highest BCUT2D eigenvalue weighted by Crippen LogP contribution is 2.28. The van der Waals surface area contributed by atoms with Crippen LogP contribution >= 0.6 is 0 Å². The average molecular weight is 142 g/mol. The summed E-state index contributed by atoms with van der Waals surface area (Å²) in [6, 6.07) is 0. The van der Waals surface area contributed by atoms with Crippen LogP contribution in [0.5, 0.6) is 0 Å². The molecule has 2 saturated heterocycles. The molecule has 0 bridgehead atoms. The molecular weight excluding hydrogens is 136 g/mol. The third kappa shape index (κ3) is 0.558. The number of cyclic esters (lactones) is 2. The van der Waals surface area contributed by atoms with Crippen molar-refractivity contribution >= 4 is 11.9 Å². The van der Waals surface area contributed by atoms with E-state index in [1.54, 1.807) is 0 Å². The van der Waals surface area contributed by atoms with Crippen LogP contribution in [0.2, 0.25) is 0 Å². The molecule has 2 aliphatic heterocycles. The van der Waals surface area contributed by atoms with Gasteiger partial charge in [0.05, 0.1) is 0 Å². The summed E-state index contributed by atoms with van der Waals surface area (Å²) in [5.74, 6) is -1.22. The number of esters is 2. The fourth-order valence-corrected chi connectivity index (χ4v) is 1.25. The first kappa shape index (κ1) is 5.70. The largest absolute Gasteiger partial charge is 0.464 e. The summed E-state index contributed by atoms with van der Waals surface area (Å²) in [5.41, 5.74) is 0. The third-order valence-electron chi connectivity index (χ3n) is 1.90. The summed E-state index contributed by atoms with van der Waals surface area (Å²) >= 11 is 0. The molecule has 0 aromatic carbocycles. The van der Waals surface area contributed by atoms with E-state index in [4.69, 9.17) is 0 Å². The molecule has 2 heterocycles. The van der Waals surface area contributed by atoms with Crippen molar-refractivity contribution < 1.29 is 19.1 Å². The van der Waals surface area contributed by atoms with E-state index in [-0.39, 0.29) is 37.0 Å². The number of hydrogen-bond donors (Lipinski definition) is 0. The van der Waals surface area contributed by atoms with Gasteiger partial charge >= 0.3 is 11.9 Å². The maximum Gasteiger partial charge on any atom is 0.313 e. The Bertz CT molecular complexity index is 176. The lowest BCUT2D eigenvalue weighted by molar-refractivity contribution is -0.145. The second-order valence-corrected chi connectivity index (χ2v) is 2.47. The van der Waals surface area contributed by atoms with E-state index in [0.29, 0.717) is 0 Å². The minimum atomic E-state index is -0.313. The third-order valence-corrected chi connectivity index (χ3v) is 1.90. The predicted molar refractivity (Wildman–Crippen MR) is 28.9 cm³/mol. The second kappa shape index (κ2) is 1.71. The van der Waals surface area contributed by atoms with Crippen LogP contribution in [-0.2, 0) is 19.1 Å². The van der Waals surface area contributed by atoms with Gasteiger partial charge in [0.15, 0.2) is 0 Å². The van der Waals surface area contributed by atoms with Crippen LogP contribution in [-0.4, -0.2) is 25.2 Å². The lowest BCUT2D eigenvalue weighted by Crippen LogP contribution is -2.14. The molecule has 10 heavy (non-hydrogen) atoms. The Morgan fingerprint density at radius 1 is 1.00 bits per heavy atom. The fraction of sp³-hybridized carbons (Fsp3) is 0.667. The van der Waals surface area contributed by atoms with Crippen LogP contribution in [0.15, 0.2) is 0 Å². The summed E-state index contributed by atoms with van der Waals surface area (Å²) in [4.78, 5) is 21.5. The Balaban J connectivity index is 2.24. The zero-order chi connectivity index (χ0) is 7.14. The smallest absolute Gasteiger partial charge is 0.313 e. The number of rotatable bonds is 0. The maximum absolute atomic E-state index is 10.7. The second-order valence-electron chi connectivity index (χ2n) is 2.47. The van der Waals surface area contributed by atoms with Crippen molar-refractivity contribution in [1.29, 1.82) is 0 Å². The van der Waals surface area contributed by atoms with Gasteiger partial charge in [0.25, 0.3) is 0 Å². The number of hydrogen-bond acceptors (Lipinski definition) is 4. The molecule has 2 rings (SSSR count). The summed E-state index contributed by atoms with van der Waals surface area (Å²) < 4.78 is 9.30. The zero-order valence-electron chi connectivity index (χ0n) is 5.20. The molecule has 0 aliphatic carbocycles. The van der Waals surface area contributed by atoms with Gasteiger partial charge in [0.1, 0.15) is 25.0 Å². The number of carbonyl (C=O) groups excluding carboxylic acids is 2. The highest BCUT2D eigenvalue weighted by atomic mass is 16.6. The Labute approximate surface area is 57.1 Å². The normalized spacial score (nSPS) is 37.2. The molecule has 2 fully saturated rings. The molecule has 0 aromatic rings. The minimum Gasteiger partial charge on any atom is -0.464 e.